The molecule has 1 amide bonds. The predicted octanol–water partition coefficient (Wildman–Crippen LogP) is 3.73. The van der Waals surface area contributed by atoms with Crippen molar-refractivity contribution in [1.82, 2.24) is 10.3 Å². The first-order valence-electron chi connectivity index (χ1n) is 10.7. The molecule has 3 N–H and O–H groups in total. The van der Waals surface area contributed by atoms with Crippen LogP contribution in [0.4, 0.5) is 5.82 Å². The van der Waals surface area contributed by atoms with Crippen LogP contribution in [0.25, 0.3) is 0 Å². The highest BCUT2D eigenvalue weighted by atomic mass is 16.5. The van der Waals surface area contributed by atoms with E-state index in [1.807, 2.05) is 42.5 Å². The van der Waals surface area contributed by atoms with Crippen LogP contribution in [-0.2, 0) is 27.4 Å². The monoisotopic (exact) mass is 437 g/mol. The van der Waals surface area contributed by atoms with E-state index in [9.17, 15) is 14.7 Å². The first kappa shape index (κ1) is 24.8. The number of allylic oxidation sites excluding steroid dienone is 2. The van der Waals surface area contributed by atoms with E-state index in [-0.39, 0.29) is 6.42 Å². The van der Waals surface area contributed by atoms with Crippen molar-refractivity contribution in [1.29, 1.82) is 0 Å². The molecule has 0 saturated heterocycles. The summed E-state index contributed by atoms with van der Waals surface area (Å²) in [6.45, 7) is 5.42. The van der Waals surface area contributed by atoms with E-state index in [4.69, 9.17) is 4.74 Å². The number of amides is 1. The Labute approximate surface area is 189 Å². The van der Waals surface area contributed by atoms with E-state index in [1.54, 1.807) is 38.3 Å². The summed E-state index contributed by atoms with van der Waals surface area (Å²) in [5.41, 5.74) is 2.27. The molecule has 7 heteroatoms. The largest absolute Gasteiger partial charge is 0.480 e. The summed E-state index contributed by atoms with van der Waals surface area (Å²) in [6.07, 6.45) is 7.85. The fourth-order valence-electron chi connectivity index (χ4n) is 2.98. The number of ether oxygens (including phenoxy) is 1. The topological polar surface area (TPSA) is 101 Å². The lowest BCUT2D eigenvalue weighted by atomic mass is 10.0. The summed E-state index contributed by atoms with van der Waals surface area (Å²) < 4.78 is 5.71. The number of aliphatic carboxylic acids is 1. The second-order valence-electron chi connectivity index (χ2n) is 7.18. The number of hydrogen-bond acceptors (Lipinski definition) is 5. The molecule has 2 rings (SSSR count). The summed E-state index contributed by atoms with van der Waals surface area (Å²) >= 11 is 0. The highest BCUT2D eigenvalue weighted by Gasteiger charge is 2.21. The van der Waals surface area contributed by atoms with Gasteiger partial charge in [0.1, 0.15) is 11.9 Å². The quantitative estimate of drug-likeness (QED) is 0.251. The number of benzene rings is 1. The Hall–Kier alpha value is -3.45. The van der Waals surface area contributed by atoms with Gasteiger partial charge in [0.15, 0.2) is 0 Å². The fourth-order valence-corrected chi connectivity index (χ4v) is 2.98. The molecule has 0 aliphatic carbocycles. The Morgan fingerprint density at radius 3 is 2.50 bits per heavy atom. The van der Waals surface area contributed by atoms with Crippen molar-refractivity contribution in [2.45, 2.75) is 39.3 Å². The molecule has 0 aliphatic rings. The van der Waals surface area contributed by atoms with Gasteiger partial charge in [-0.1, -0.05) is 48.6 Å². The normalized spacial score (nSPS) is 12.5. The minimum absolute atomic E-state index is 0.203. The molecular weight excluding hydrogens is 406 g/mol. The van der Waals surface area contributed by atoms with Crippen LogP contribution < -0.4 is 10.6 Å². The van der Waals surface area contributed by atoms with Crippen LogP contribution in [0.1, 0.15) is 31.4 Å². The number of pyridine rings is 1. The molecule has 0 saturated carbocycles. The Morgan fingerprint density at radius 1 is 1.12 bits per heavy atom. The summed E-state index contributed by atoms with van der Waals surface area (Å²) in [5, 5.41) is 15.3. The van der Waals surface area contributed by atoms with E-state index in [1.165, 1.54) is 0 Å². The van der Waals surface area contributed by atoms with Crippen molar-refractivity contribution in [2.75, 3.05) is 18.5 Å². The molecule has 0 fully saturated rings. The van der Waals surface area contributed by atoms with Crippen molar-refractivity contribution in [2.24, 2.45) is 0 Å². The lowest BCUT2D eigenvalue weighted by molar-refractivity contribution is -0.141. The van der Waals surface area contributed by atoms with Crippen LogP contribution >= 0.6 is 0 Å². The number of aromatic nitrogens is 1. The van der Waals surface area contributed by atoms with Gasteiger partial charge in [-0.15, -0.1) is 0 Å². The van der Waals surface area contributed by atoms with Crippen molar-refractivity contribution >= 4 is 17.7 Å². The average Bonchev–Trinajstić information content (AvgIpc) is 2.80. The molecule has 170 valence electrons. The number of carboxylic acid groups (broad SMARTS) is 1. The Morgan fingerprint density at radius 2 is 1.88 bits per heavy atom. The lowest BCUT2D eigenvalue weighted by Gasteiger charge is -2.15. The summed E-state index contributed by atoms with van der Waals surface area (Å²) in [7, 11) is 0. The molecule has 2 aromatic rings. The number of carboxylic acids is 1. The lowest BCUT2D eigenvalue weighted by Crippen LogP contribution is -2.42. The van der Waals surface area contributed by atoms with Crippen LogP contribution in [-0.4, -0.2) is 41.2 Å². The van der Waals surface area contributed by atoms with Crippen molar-refractivity contribution in [3.05, 3.63) is 83.6 Å². The molecule has 0 radical (unpaired) electrons. The molecule has 1 aromatic heterocycles. The summed E-state index contributed by atoms with van der Waals surface area (Å²) in [6, 6.07) is 12.3. The van der Waals surface area contributed by atoms with Crippen molar-refractivity contribution < 1.29 is 19.4 Å². The third-order valence-electron chi connectivity index (χ3n) is 4.69. The second-order valence-corrected chi connectivity index (χ2v) is 7.18. The maximum absolute atomic E-state index is 12.3. The predicted molar refractivity (Wildman–Crippen MR) is 125 cm³/mol. The summed E-state index contributed by atoms with van der Waals surface area (Å²) in [4.78, 5) is 28.1. The number of hydrogen-bond donors (Lipinski definition) is 3. The molecule has 0 bridgehead atoms. The van der Waals surface area contributed by atoms with Gasteiger partial charge in [-0.25, -0.2) is 9.78 Å². The van der Waals surface area contributed by atoms with Gasteiger partial charge in [0, 0.05) is 31.3 Å². The SMILES string of the molecule is C/C=C\C(=C/C)C(=O)NC(Cc1ccc(COCCCNc2ccccn2)cc1)C(=O)O. The summed E-state index contributed by atoms with van der Waals surface area (Å²) in [5.74, 6) is -0.621. The smallest absolute Gasteiger partial charge is 0.326 e. The zero-order valence-corrected chi connectivity index (χ0v) is 18.6. The molecular formula is C25H31N3O4. The van der Waals surface area contributed by atoms with Crippen LogP contribution in [0.3, 0.4) is 0 Å². The molecule has 1 aromatic carbocycles. The van der Waals surface area contributed by atoms with Gasteiger partial charge in [0.25, 0.3) is 5.91 Å². The van der Waals surface area contributed by atoms with Crippen LogP contribution in [0, 0.1) is 0 Å². The number of nitrogens with one attached hydrogen (secondary N) is 2. The van der Waals surface area contributed by atoms with Gasteiger partial charge in [-0.2, -0.15) is 0 Å². The first-order chi connectivity index (χ1) is 15.5. The van der Waals surface area contributed by atoms with Crippen LogP contribution in [0.15, 0.2) is 72.5 Å². The highest BCUT2D eigenvalue weighted by Crippen LogP contribution is 2.10. The first-order valence-corrected chi connectivity index (χ1v) is 10.7. The number of carbonyl (C=O) groups excluding carboxylic acids is 1. The minimum Gasteiger partial charge on any atom is -0.480 e. The molecule has 1 heterocycles. The van der Waals surface area contributed by atoms with E-state index >= 15 is 0 Å². The molecule has 0 aliphatic heterocycles. The number of rotatable bonds is 13. The standard InChI is InChI=1S/C25H31N3O4/c1-3-8-21(4-2)24(29)28-22(25(30)31)17-19-10-12-20(13-11-19)18-32-16-7-15-27-23-9-5-6-14-26-23/h3-6,8-14,22H,7,15-18H2,1-2H3,(H,26,27)(H,28,29)(H,30,31)/b8-3-,21-4+. The van der Waals surface area contributed by atoms with Gasteiger partial charge < -0.3 is 20.5 Å². The third-order valence-corrected chi connectivity index (χ3v) is 4.69. The Bertz CT molecular complexity index is 909. The fraction of sp³-hybridized carbons (Fsp3) is 0.320. The van der Waals surface area contributed by atoms with Gasteiger partial charge in [-0.05, 0) is 43.5 Å². The maximum atomic E-state index is 12.3. The third kappa shape index (κ3) is 8.73. The van der Waals surface area contributed by atoms with Gasteiger partial charge in [0.2, 0.25) is 0 Å². The van der Waals surface area contributed by atoms with Gasteiger partial charge >= 0.3 is 5.97 Å². The van der Waals surface area contributed by atoms with Gasteiger partial charge in [0.05, 0.1) is 6.61 Å². The number of anilines is 1. The average molecular weight is 438 g/mol. The van der Waals surface area contributed by atoms with E-state index in [0.717, 1.165) is 29.9 Å². The zero-order chi connectivity index (χ0) is 23.2. The van der Waals surface area contributed by atoms with E-state index in [2.05, 4.69) is 15.6 Å². The Kier molecular flexibility index (Phi) is 10.7. The second kappa shape index (κ2) is 13.8. The van der Waals surface area contributed by atoms with E-state index < -0.39 is 17.9 Å². The molecule has 1 unspecified atom stereocenters. The van der Waals surface area contributed by atoms with Crippen molar-refractivity contribution in [3.8, 4) is 0 Å². The van der Waals surface area contributed by atoms with Crippen LogP contribution in [0.2, 0.25) is 0 Å². The highest BCUT2D eigenvalue weighted by molar-refractivity contribution is 5.98. The molecule has 32 heavy (non-hydrogen) atoms. The number of carbonyl (C=O) groups is 2. The Balaban J connectivity index is 1.76. The maximum Gasteiger partial charge on any atom is 0.326 e. The molecule has 0 spiro atoms. The zero-order valence-electron chi connectivity index (χ0n) is 18.6. The molecule has 1 atom stereocenters. The van der Waals surface area contributed by atoms with Crippen LogP contribution in [0.5, 0.6) is 0 Å². The molecule has 7 nitrogen and oxygen atoms in total. The van der Waals surface area contributed by atoms with Crippen molar-refractivity contribution in [3.63, 3.8) is 0 Å². The number of nitrogens with zero attached hydrogens (tertiary/aromatic N) is 1. The van der Waals surface area contributed by atoms with Gasteiger partial charge in [-0.3, -0.25) is 4.79 Å². The van der Waals surface area contributed by atoms with E-state index in [0.29, 0.717) is 18.8 Å². The minimum atomic E-state index is -1.07.